The van der Waals surface area contributed by atoms with Crippen LogP contribution in [0.1, 0.15) is 64.7 Å². The van der Waals surface area contributed by atoms with Gasteiger partial charge in [0.05, 0.1) is 10.6 Å². The van der Waals surface area contributed by atoms with Crippen LogP contribution in [0.5, 0.6) is 5.75 Å². The molecule has 0 saturated carbocycles. The van der Waals surface area contributed by atoms with Crippen molar-refractivity contribution < 1.29 is 9.90 Å². The molecule has 0 bridgehead atoms. The van der Waals surface area contributed by atoms with Gasteiger partial charge in [0.2, 0.25) is 0 Å². The monoisotopic (exact) mass is 468 g/mol. The summed E-state index contributed by atoms with van der Waals surface area (Å²) < 4.78 is 0. The number of nitrogens with zero attached hydrogens (tertiary/aromatic N) is 2. The summed E-state index contributed by atoms with van der Waals surface area (Å²) in [6.45, 7) is 5.96. The van der Waals surface area contributed by atoms with E-state index in [4.69, 9.17) is 16.6 Å². The Morgan fingerprint density at radius 1 is 1.12 bits per heavy atom. The number of aromatic hydroxyl groups is 1. The molecule has 168 valence electrons. The van der Waals surface area contributed by atoms with Gasteiger partial charge in [0.1, 0.15) is 17.3 Å². The van der Waals surface area contributed by atoms with Gasteiger partial charge in [-0.25, -0.2) is 4.98 Å². The molecule has 0 aliphatic carbocycles. The maximum atomic E-state index is 13.0. The van der Waals surface area contributed by atoms with Crippen molar-refractivity contribution in [2.45, 2.75) is 52.9 Å². The van der Waals surface area contributed by atoms with Crippen molar-refractivity contribution in [2.24, 2.45) is 4.99 Å². The molecule has 0 atom stereocenters. The average Bonchev–Trinajstić information content (AvgIpc) is 3.19. The first-order valence-corrected chi connectivity index (χ1v) is 12.2. The van der Waals surface area contributed by atoms with E-state index in [-0.39, 0.29) is 12.3 Å². The molecule has 2 aromatic carbocycles. The standard InChI is InChI=1S/C26H29ClN2O2S/c1-4-5-6-7-8-22-25(32-26(29-22)20-9-11-21(27)12-10-20)23(30)16-28-15-19-13-17(2)24(31)18(3)14-19/h9-15,31H,4-8,16H2,1-3H3. The number of hydrogen-bond acceptors (Lipinski definition) is 5. The molecular formula is C26H29ClN2O2S. The van der Waals surface area contributed by atoms with Crippen LogP contribution in [0.3, 0.4) is 0 Å². The van der Waals surface area contributed by atoms with E-state index in [9.17, 15) is 9.90 Å². The van der Waals surface area contributed by atoms with Crippen LogP contribution < -0.4 is 0 Å². The lowest BCUT2D eigenvalue weighted by Gasteiger charge is -2.04. The number of Topliss-reactive ketones (excluding diaryl/α,β-unsaturated/α-hetero) is 1. The number of phenols is 1. The minimum atomic E-state index is -0.0170. The molecular weight excluding hydrogens is 440 g/mol. The van der Waals surface area contributed by atoms with Gasteiger partial charge in [-0.2, -0.15) is 0 Å². The van der Waals surface area contributed by atoms with Gasteiger partial charge in [-0.1, -0.05) is 49.9 Å². The van der Waals surface area contributed by atoms with Crippen molar-refractivity contribution in [3.05, 3.63) is 68.7 Å². The topological polar surface area (TPSA) is 62.5 Å². The smallest absolute Gasteiger partial charge is 0.196 e. The number of unbranched alkanes of at least 4 members (excludes halogenated alkanes) is 3. The highest BCUT2D eigenvalue weighted by Gasteiger charge is 2.18. The van der Waals surface area contributed by atoms with Crippen molar-refractivity contribution in [1.82, 2.24) is 4.98 Å². The molecule has 0 saturated heterocycles. The maximum absolute atomic E-state index is 13.0. The zero-order valence-corrected chi connectivity index (χ0v) is 20.4. The molecule has 32 heavy (non-hydrogen) atoms. The number of aromatic nitrogens is 1. The fraction of sp³-hybridized carbons (Fsp3) is 0.346. The lowest BCUT2D eigenvalue weighted by atomic mass is 10.1. The van der Waals surface area contributed by atoms with E-state index in [0.29, 0.717) is 15.6 Å². The first kappa shape index (κ1) is 24.1. The van der Waals surface area contributed by atoms with Crippen molar-refractivity contribution >= 4 is 34.9 Å². The van der Waals surface area contributed by atoms with Crippen LogP contribution in [0.25, 0.3) is 10.6 Å². The number of benzene rings is 2. The molecule has 0 unspecified atom stereocenters. The molecule has 0 aliphatic heterocycles. The number of carbonyl (C=O) groups is 1. The van der Waals surface area contributed by atoms with Crippen molar-refractivity contribution in [2.75, 3.05) is 6.54 Å². The van der Waals surface area contributed by atoms with Gasteiger partial charge < -0.3 is 5.11 Å². The summed E-state index contributed by atoms with van der Waals surface area (Å²) in [7, 11) is 0. The molecule has 0 aliphatic rings. The molecule has 1 heterocycles. The van der Waals surface area contributed by atoms with E-state index in [1.54, 1.807) is 6.21 Å². The second-order valence-electron chi connectivity index (χ2n) is 8.01. The predicted octanol–water partition coefficient (Wildman–Crippen LogP) is 7.21. The van der Waals surface area contributed by atoms with Crippen LogP contribution in [0, 0.1) is 13.8 Å². The number of carbonyl (C=O) groups excluding carboxylic acids is 1. The summed E-state index contributed by atoms with van der Waals surface area (Å²) in [6.07, 6.45) is 7.00. The SMILES string of the molecule is CCCCCCc1nc(-c2ccc(Cl)cc2)sc1C(=O)CN=Cc1cc(C)c(O)c(C)c1. The van der Waals surface area contributed by atoms with Gasteiger partial charge in [0, 0.05) is 16.8 Å². The molecule has 0 fully saturated rings. The summed E-state index contributed by atoms with van der Waals surface area (Å²) >= 11 is 7.45. The Bertz CT molecular complexity index is 1080. The summed E-state index contributed by atoms with van der Waals surface area (Å²) in [5, 5.41) is 11.4. The van der Waals surface area contributed by atoms with E-state index in [1.807, 2.05) is 50.2 Å². The van der Waals surface area contributed by atoms with E-state index < -0.39 is 0 Å². The van der Waals surface area contributed by atoms with E-state index in [2.05, 4.69) is 11.9 Å². The first-order chi connectivity index (χ1) is 15.4. The summed E-state index contributed by atoms with van der Waals surface area (Å²) in [5.41, 5.74) is 4.29. The van der Waals surface area contributed by atoms with Crippen molar-refractivity contribution in [1.29, 1.82) is 0 Å². The van der Waals surface area contributed by atoms with Crippen LogP contribution in [0.4, 0.5) is 0 Å². The highest BCUT2D eigenvalue weighted by Crippen LogP contribution is 2.30. The van der Waals surface area contributed by atoms with Gasteiger partial charge in [-0.3, -0.25) is 9.79 Å². The Morgan fingerprint density at radius 2 is 1.81 bits per heavy atom. The second-order valence-corrected chi connectivity index (χ2v) is 9.44. The molecule has 3 rings (SSSR count). The Balaban J connectivity index is 1.78. The fourth-order valence-corrected chi connectivity index (χ4v) is 4.72. The van der Waals surface area contributed by atoms with Gasteiger partial charge in [-0.15, -0.1) is 11.3 Å². The molecule has 6 heteroatoms. The molecule has 1 aromatic heterocycles. The van der Waals surface area contributed by atoms with Gasteiger partial charge in [0.25, 0.3) is 0 Å². The van der Waals surface area contributed by atoms with E-state index in [1.165, 1.54) is 24.2 Å². The zero-order valence-electron chi connectivity index (χ0n) is 18.8. The Kier molecular flexibility index (Phi) is 8.60. The molecule has 4 nitrogen and oxygen atoms in total. The molecule has 0 spiro atoms. The number of halogens is 1. The summed E-state index contributed by atoms with van der Waals surface area (Å²) in [5.74, 6) is 0.280. The fourth-order valence-electron chi connectivity index (χ4n) is 3.54. The number of hydrogen-bond donors (Lipinski definition) is 1. The van der Waals surface area contributed by atoms with Gasteiger partial charge in [-0.05, 0) is 67.6 Å². The highest BCUT2D eigenvalue weighted by atomic mass is 35.5. The third-order valence-electron chi connectivity index (χ3n) is 5.30. The number of thiazole rings is 1. The van der Waals surface area contributed by atoms with Crippen LogP contribution in [-0.4, -0.2) is 28.6 Å². The predicted molar refractivity (Wildman–Crippen MR) is 135 cm³/mol. The molecule has 0 radical (unpaired) electrons. The molecule has 0 amide bonds. The minimum absolute atomic E-state index is 0.0170. The Labute approximate surface area is 199 Å². The van der Waals surface area contributed by atoms with Crippen LogP contribution in [0.15, 0.2) is 41.4 Å². The Hall–Kier alpha value is -2.50. The van der Waals surface area contributed by atoms with Crippen molar-refractivity contribution in [3.63, 3.8) is 0 Å². The molecule has 3 aromatic rings. The van der Waals surface area contributed by atoms with Crippen LogP contribution >= 0.6 is 22.9 Å². The Morgan fingerprint density at radius 3 is 2.47 bits per heavy atom. The lowest BCUT2D eigenvalue weighted by Crippen LogP contribution is -2.05. The van der Waals surface area contributed by atoms with E-state index in [0.717, 1.165) is 52.2 Å². The zero-order chi connectivity index (χ0) is 23.1. The lowest BCUT2D eigenvalue weighted by molar-refractivity contribution is 0.100. The average molecular weight is 469 g/mol. The quantitative estimate of drug-likeness (QED) is 0.194. The second kappa shape index (κ2) is 11.4. The van der Waals surface area contributed by atoms with Gasteiger partial charge >= 0.3 is 0 Å². The number of aryl methyl sites for hydroxylation is 3. The largest absolute Gasteiger partial charge is 0.507 e. The number of ketones is 1. The number of aliphatic imine (C=N–C) groups is 1. The van der Waals surface area contributed by atoms with E-state index >= 15 is 0 Å². The minimum Gasteiger partial charge on any atom is -0.507 e. The number of phenolic OH excluding ortho intramolecular Hbond substituents is 1. The maximum Gasteiger partial charge on any atom is 0.196 e. The third kappa shape index (κ3) is 6.27. The van der Waals surface area contributed by atoms with Crippen LogP contribution in [0.2, 0.25) is 5.02 Å². The first-order valence-electron chi connectivity index (χ1n) is 11.0. The van der Waals surface area contributed by atoms with Gasteiger partial charge in [0.15, 0.2) is 5.78 Å². The normalized spacial score (nSPS) is 11.4. The number of rotatable bonds is 10. The van der Waals surface area contributed by atoms with Crippen molar-refractivity contribution in [3.8, 4) is 16.3 Å². The van der Waals surface area contributed by atoms with Crippen LogP contribution in [-0.2, 0) is 6.42 Å². The summed E-state index contributed by atoms with van der Waals surface area (Å²) in [6, 6.07) is 11.3. The third-order valence-corrected chi connectivity index (χ3v) is 6.74. The highest BCUT2D eigenvalue weighted by molar-refractivity contribution is 7.17. The molecule has 1 N–H and O–H groups in total. The summed E-state index contributed by atoms with van der Waals surface area (Å²) in [4.78, 5) is 22.9.